The van der Waals surface area contributed by atoms with Crippen molar-refractivity contribution in [2.75, 3.05) is 18.0 Å². The number of anilines is 1. The molecule has 2 aliphatic rings. The molecule has 2 atom stereocenters. The fourth-order valence-electron chi connectivity index (χ4n) is 4.13. The van der Waals surface area contributed by atoms with Crippen LogP contribution in [0.1, 0.15) is 30.9 Å². The van der Waals surface area contributed by atoms with Crippen LogP contribution in [0.15, 0.2) is 54.6 Å². The zero-order chi connectivity index (χ0) is 17.4. The smallest absolute Gasteiger partial charge is 0.279 e. The van der Waals surface area contributed by atoms with E-state index in [0.29, 0.717) is 18.0 Å². The SMILES string of the molecule is C[C@@H]1CCCN([C@@]2(O)C(=O)N(Cc3ccccc3)c3ccccc32)C1. The van der Waals surface area contributed by atoms with Crippen LogP contribution < -0.4 is 4.90 Å². The Bertz CT molecular complexity index is 776. The first-order chi connectivity index (χ1) is 12.1. The number of para-hydroxylation sites is 1. The Morgan fingerprint density at radius 2 is 1.84 bits per heavy atom. The van der Waals surface area contributed by atoms with Gasteiger partial charge in [0.05, 0.1) is 12.2 Å². The number of amides is 1. The van der Waals surface area contributed by atoms with Gasteiger partial charge in [-0.05, 0) is 30.4 Å². The molecule has 0 aliphatic carbocycles. The number of carbonyl (C=O) groups is 1. The molecule has 2 aromatic carbocycles. The molecule has 1 saturated heterocycles. The number of carbonyl (C=O) groups excluding carboxylic acids is 1. The van der Waals surface area contributed by atoms with Gasteiger partial charge in [-0.15, -0.1) is 0 Å². The molecular weight excluding hydrogens is 312 g/mol. The highest BCUT2D eigenvalue weighted by Crippen LogP contribution is 2.44. The Morgan fingerprint density at radius 3 is 2.60 bits per heavy atom. The lowest BCUT2D eigenvalue weighted by atomic mass is 9.94. The summed E-state index contributed by atoms with van der Waals surface area (Å²) in [4.78, 5) is 17.0. The Hall–Kier alpha value is -2.17. The lowest BCUT2D eigenvalue weighted by Gasteiger charge is -2.40. The van der Waals surface area contributed by atoms with Crippen LogP contribution in [0.3, 0.4) is 0 Å². The molecule has 4 heteroatoms. The number of likely N-dealkylation sites (tertiary alicyclic amines) is 1. The first-order valence-corrected chi connectivity index (χ1v) is 9.03. The van der Waals surface area contributed by atoms with Gasteiger partial charge in [-0.1, -0.05) is 55.5 Å². The van der Waals surface area contributed by atoms with Gasteiger partial charge >= 0.3 is 0 Å². The van der Waals surface area contributed by atoms with E-state index in [0.717, 1.165) is 37.2 Å². The number of piperidine rings is 1. The summed E-state index contributed by atoms with van der Waals surface area (Å²) in [5, 5.41) is 11.5. The van der Waals surface area contributed by atoms with Crippen molar-refractivity contribution in [2.45, 2.75) is 32.0 Å². The molecule has 0 saturated carbocycles. The molecule has 25 heavy (non-hydrogen) atoms. The van der Waals surface area contributed by atoms with E-state index in [2.05, 4.69) is 6.92 Å². The van der Waals surface area contributed by atoms with Gasteiger partial charge < -0.3 is 10.0 Å². The minimum Gasteiger partial charge on any atom is -0.364 e. The average molecular weight is 336 g/mol. The van der Waals surface area contributed by atoms with E-state index >= 15 is 0 Å². The molecule has 130 valence electrons. The normalized spacial score (nSPS) is 26.7. The summed E-state index contributed by atoms with van der Waals surface area (Å²) in [6.07, 6.45) is 2.16. The van der Waals surface area contributed by atoms with E-state index in [-0.39, 0.29) is 5.91 Å². The maximum Gasteiger partial charge on any atom is 0.279 e. The molecule has 0 unspecified atom stereocenters. The van der Waals surface area contributed by atoms with Gasteiger partial charge in [-0.3, -0.25) is 9.69 Å². The quantitative estimate of drug-likeness (QED) is 0.937. The second-order valence-corrected chi connectivity index (χ2v) is 7.26. The molecule has 1 N–H and O–H groups in total. The van der Waals surface area contributed by atoms with Crippen molar-refractivity contribution in [3.63, 3.8) is 0 Å². The number of nitrogens with zero attached hydrogens (tertiary/aromatic N) is 2. The summed E-state index contributed by atoms with van der Waals surface area (Å²) >= 11 is 0. The van der Waals surface area contributed by atoms with Crippen LogP contribution in [0, 0.1) is 5.92 Å². The third kappa shape index (κ3) is 2.66. The second kappa shape index (κ2) is 6.28. The predicted molar refractivity (Wildman–Crippen MR) is 97.9 cm³/mol. The van der Waals surface area contributed by atoms with Crippen molar-refractivity contribution in [2.24, 2.45) is 5.92 Å². The molecule has 1 amide bonds. The predicted octanol–water partition coefficient (Wildman–Crippen LogP) is 3.11. The third-order valence-electron chi connectivity index (χ3n) is 5.41. The highest BCUT2D eigenvalue weighted by molar-refractivity contribution is 6.06. The first-order valence-electron chi connectivity index (χ1n) is 9.03. The van der Waals surface area contributed by atoms with E-state index < -0.39 is 5.72 Å². The van der Waals surface area contributed by atoms with Crippen molar-refractivity contribution < 1.29 is 9.90 Å². The van der Waals surface area contributed by atoms with Crippen LogP contribution in [0.4, 0.5) is 5.69 Å². The van der Waals surface area contributed by atoms with Crippen LogP contribution in [0.25, 0.3) is 0 Å². The molecule has 0 aromatic heterocycles. The highest BCUT2D eigenvalue weighted by Gasteiger charge is 2.54. The van der Waals surface area contributed by atoms with Gasteiger partial charge in [0.2, 0.25) is 5.72 Å². The van der Waals surface area contributed by atoms with Crippen molar-refractivity contribution in [1.82, 2.24) is 4.90 Å². The highest BCUT2D eigenvalue weighted by atomic mass is 16.3. The van der Waals surface area contributed by atoms with Gasteiger partial charge in [0.1, 0.15) is 0 Å². The van der Waals surface area contributed by atoms with Crippen molar-refractivity contribution in [3.8, 4) is 0 Å². The zero-order valence-corrected chi connectivity index (χ0v) is 14.6. The van der Waals surface area contributed by atoms with Crippen molar-refractivity contribution >= 4 is 11.6 Å². The molecule has 1 fully saturated rings. The number of hydrogen-bond acceptors (Lipinski definition) is 3. The molecule has 0 radical (unpaired) electrons. The lowest BCUT2D eigenvalue weighted by molar-refractivity contribution is -0.165. The van der Waals surface area contributed by atoms with Crippen LogP contribution >= 0.6 is 0 Å². The Balaban J connectivity index is 1.73. The van der Waals surface area contributed by atoms with Gasteiger partial charge in [0.15, 0.2) is 0 Å². The van der Waals surface area contributed by atoms with E-state index in [1.807, 2.05) is 59.5 Å². The Morgan fingerprint density at radius 1 is 1.12 bits per heavy atom. The van der Waals surface area contributed by atoms with Crippen molar-refractivity contribution in [3.05, 3.63) is 65.7 Å². The molecule has 4 rings (SSSR count). The van der Waals surface area contributed by atoms with Gasteiger partial charge in [-0.2, -0.15) is 0 Å². The first kappa shape index (κ1) is 16.3. The molecular formula is C21H24N2O2. The summed E-state index contributed by atoms with van der Waals surface area (Å²) in [5.41, 5.74) is 1.05. The van der Waals surface area contributed by atoms with E-state index in [4.69, 9.17) is 0 Å². The average Bonchev–Trinajstić information content (AvgIpc) is 2.86. The minimum absolute atomic E-state index is 0.230. The minimum atomic E-state index is -1.54. The fourth-order valence-corrected chi connectivity index (χ4v) is 4.13. The molecule has 4 nitrogen and oxygen atoms in total. The zero-order valence-electron chi connectivity index (χ0n) is 14.6. The summed E-state index contributed by atoms with van der Waals surface area (Å²) in [6.45, 7) is 4.15. The maximum atomic E-state index is 13.3. The summed E-state index contributed by atoms with van der Waals surface area (Å²) in [6, 6.07) is 17.6. The molecule has 0 bridgehead atoms. The number of hydrogen-bond donors (Lipinski definition) is 1. The van der Waals surface area contributed by atoms with E-state index in [1.165, 1.54) is 0 Å². The van der Waals surface area contributed by atoms with E-state index in [1.54, 1.807) is 4.90 Å². The van der Waals surface area contributed by atoms with Gasteiger partial charge in [-0.25, -0.2) is 0 Å². The fraction of sp³-hybridized carbons (Fsp3) is 0.381. The molecule has 2 aliphatic heterocycles. The van der Waals surface area contributed by atoms with Gasteiger partial charge in [0.25, 0.3) is 5.91 Å². The van der Waals surface area contributed by atoms with Gasteiger partial charge in [0, 0.05) is 18.7 Å². The summed E-state index contributed by atoms with van der Waals surface area (Å²) in [7, 11) is 0. The number of fused-ring (bicyclic) bond motifs is 1. The standard InChI is InChI=1S/C21H24N2O2/c1-16-8-7-13-22(14-16)21(25)18-11-5-6-12-19(18)23(20(21)24)15-17-9-3-2-4-10-17/h2-6,9-12,16,25H,7-8,13-15H2,1H3/t16-,21+/m1/s1. The maximum absolute atomic E-state index is 13.3. The number of rotatable bonds is 3. The molecule has 2 aromatic rings. The monoisotopic (exact) mass is 336 g/mol. The van der Waals surface area contributed by atoms with Crippen molar-refractivity contribution in [1.29, 1.82) is 0 Å². The molecule has 2 heterocycles. The largest absolute Gasteiger partial charge is 0.364 e. The third-order valence-corrected chi connectivity index (χ3v) is 5.41. The summed E-state index contributed by atoms with van der Waals surface area (Å²) in [5.74, 6) is 0.257. The van der Waals surface area contributed by atoms with Crippen LogP contribution in [-0.4, -0.2) is 29.0 Å². The van der Waals surface area contributed by atoms with Crippen LogP contribution in [0.2, 0.25) is 0 Å². The molecule has 0 spiro atoms. The van der Waals surface area contributed by atoms with Crippen LogP contribution in [0.5, 0.6) is 0 Å². The van der Waals surface area contributed by atoms with Crippen LogP contribution in [-0.2, 0) is 17.1 Å². The van der Waals surface area contributed by atoms with E-state index in [9.17, 15) is 9.90 Å². The number of benzene rings is 2. The second-order valence-electron chi connectivity index (χ2n) is 7.26. The number of aliphatic hydroxyl groups is 1. The Kier molecular flexibility index (Phi) is 4.10. The topological polar surface area (TPSA) is 43.8 Å². The Labute approximate surface area is 148 Å². The summed E-state index contributed by atoms with van der Waals surface area (Å²) < 4.78 is 0. The lowest BCUT2D eigenvalue weighted by Crippen LogP contribution is -2.55.